The van der Waals surface area contributed by atoms with Crippen molar-refractivity contribution >= 4 is 16.9 Å². The lowest BCUT2D eigenvalue weighted by Crippen LogP contribution is -2.31. The molecule has 21 heavy (non-hydrogen) atoms. The van der Waals surface area contributed by atoms with Crippen molar-refractivity contribution in [1.82, 2.24) is 10.3 Å². The molecule has 1 heterocycles. The third-order valence-corrected chi connectivity index (χ3v) is 3.26. The molecule has 0 unspecified atom stereocenters. The van der Waals surface area contributed by atoms with Crippen molar-refractivity contribution in [3.8, 4) is 0 Å². The number of carbonyl (C=O) groups is 1. The number of nitrogen functional groups attached to an aromatic ring is 1. The number of nitrogens with zero attached hydrogens (tertiary/aromatic N) is 1. The number of ether oxygens (including phenoxy) is 1. The van der Waals surface area contributed by atoms with Crippen molar-refractivity contribution in [3.63, 3.8) is 0 Å². The van der Waals surface area contributed by atoms with Crippen LogP contribution in [0.4, 0.5) is 0 Å². The Balaban J connectivity index is 2.24. The minimum Gasteiger partial charge on any atom is -0.459 e. The molecule has 2 rings (SSSR count). The molecule has 0 aliphatic heterocycles. The van der Waals surface area contributed by atoms with Gasteiger partial charge in [-0.1, -0.05) is 18.2 Å². The Morgan fingerprint density at radius 1 is 1.43 bits per heavy atom. The molecule has 0 fully saturated rings. The van der Waals surface area contributed by atoms with Crippen LogP contribution in [0.5, 0.6) is 0 Å². The van der Waals surface area contributed by atoms with E-state index in [2.05, 4.69) is 5.43 Å². The van der Waals surface area contributed by atoms with Gasteiger partial charge in [0.2, 0.25) is 0 Å². The molecule has 1 aromatic heterocycles. The normalized spacial score (nSPS) is 11.2. The fourth-order valence-electron chi connectivity index (χ4n) is 2.22. The van der Waals surface area contributed by atoms with Crippen molar-refractivity contribution < 1.29 is 13.9 Å². The van der Waals surface area contributed by atoms with E-state index >= 15 is 0 Å². The van der Waals surface area contributed by atoms with Gasteiger partial charge in [0.15, 0.2) is 0 Å². The van der Waals surface area contributed by atoms with Gasteiger partial charge >= 0.3 is 0 Å². The molecule has 0 radical (unpaired) electrons. The average molecular weight is 291 g/mol. The van der Waals surface area contributed by atoms with Crippen LogP contribution in [-0.4, -0.2) is 37.6 Å². The summed E-state index contributed by atoms with van der Waals surface area (Å²) in [5.74, 6) is 5.55. The maximum absolute atomic E-state index is 12.0. The van der Waals surface area contributed by atoms with Crippen molar-refractivity contribution in [2.75, 3.05) is 26.8 Å². The van der Waals surface area contributed by atoms with Gasteiger partial charge in [0, 0.05) is 18.5 Å². The summed E-state index contributed by atoms with van der Waals surface area (Å²) in [7, 11) is 1.95. The number of hydrogen-bond acceptors (Lipinski definition) is 5. The lowest BCUT2D eigenvalue weighted by molar-refractivity contribution is 0.0950. The van der Waals surface area contributed by atoms with Crippen LogP contribution in [0.15, 0.2) is 28.7 Å². The third kappa shape index (κ3) is 3.60. The molecule has 2 aromatic rings. The Hall–Kier alpha value is -1.89. The molecular weight excluding hydrogens is 270 g/mol. The number of nitrogens with one attached hydrogen (secondary N) is 1. The zero-order valence-corrected chi connectivity index (χ0v) is 12.4. The first kappa shape index (κ1) is 15.5. The highest BCUT2D eigenvalue weighted by Gasteiger charge is 2.20. The predicted molar refractivity (Wildman–Crippen MR) is 80.7 cm³/mol. The molecule has 1 amide bonds. The van der Waals surface area contributed by atoms with Gasteiger partial charge in [-0.15, -0.1) is 0 Å². The smallest absolute Gasteiger partial charge is 0.269 e. The summed E-state index contributed by atoms with van der Waals surface area (Å²) in [6.07, 6.45) is 0. The molecule has 0 aliphatic carbocycles. The van der Waals surface area contributed by atoms with Gasteiger partial charge < -0.3 is 9.15 Å². The lowest BCUT2D eigenvalue weighted by atomic mass is 10.1. The Labute approximate surface area is 123 Å². The first-order valence-corrected chi connectivity index (χ1v) is 6.95. The third-order valence-electron chi connectivity index (χ3n) is 3.26. The van der Waals surface area contributed by atoms with E-state index in [1.807, 2.05) is 43.1 Å². The number of amides is 1. The van der Waals surface area contributed by atoms with E-state index in [4.69, 9.17) is 15.0 Å². The summed E-state index contributed by atoms with van der Waals surface area (Å²) in [5, 5.41) is 0.772. The van der Waals surface area contributed by atoms with Crippen LogP contribution >= 0.6 is 0 Å². The van der Waals surface area contributed by atoms with Crippen molar-refractivity contribution in [2.24, 2.45) is 5.84 Å². The number of carbonyl (C=O) groups excluding carboxylic acids is 1. The largest absolute Gasteiger partial charge is 0.459 e. The Kier molecular flexibility index (Phi) is 5.32. The van der Waals surface area contributed by atoms with Crippen LogP contribution in [0.1, 0.15) is 23.0 Å². The molecule has 0 aliphatic rings. The SMILES string of the molecule is CCOCCN(C)Cc1oc2ccccc2c1C(=O)NN. The van der Waals surface area contributed by atoms with E-state index < -0.39 is 0 Å². The second-order valence-electron chi connectivity index (χ2n) is 4.80. The molecule has 0 saturated carbocycles. The maximum atomic E-state index is 12.0. The van der Waals surface area contributed by atoms with Gasteiger partial charge in [-0.2, -0.15) is 0 Å². The zero-order chi connectivity index (χ0) is 15.2. The maximum Gasteiger partial charge on any atom is 0.269 e. The number of furan rings is 1. The average Bonchev–Trinajstić information content (AvgIpc) is 2.84. The number of likely N-dealkylation sites (N-methyl/N-ethyl adjacent to an activating group) is 1. The fraction of sp³-hybridized carbons (Fsp3) is 0.400. The summed E-state index contributed by atoms with van der Waals surface area (Å²) in [6.45, 7) is 4.58. The zero-order valence-electron chi connectivity index (χ0n) is 12.4. The summed E-state index contributed by atoms with van der Waals surface area (Å²) in [5.41, 5.74) is 3.36. The van der Waals surface area contributed by atoms with Gasteiger partial charge in [-0.25, -0.2) is 5.84 Å². The molecule has 6 heteroatoms. The number of nitrogens with two attached hydrogens (primary N) is 1. The second kappa shape index (κ2) is 7.21. The molecule has 6 nitrogen and oxygen atoms in total. The summed E-state index contributed by atoms with van der Waals surface area (Å²) in [6, 6.07) is 7.44. The minimum atomic E-state index is -0.340. The van der Waals surface area contributed by atoms with Crippen molar-refractivity contribution in [2.45, 2.75) is 13.5 Å². The highest BCUT2D eigenvalue weighted by atomic mass is 16.5. The summed E-state index contributed by atoms with van der Waals surface area (Å²) in [4.78, 5) is 14.1. The number of para-hydroxylation sites is 1. The molecule has 3 N–H and O–H groups in total. The van der Waals surface area contributed by atoms with Crippen LogP contribution in [0.25, 0.3) is 11.0 Å². The van der Waals surface area contributed by atoms with Gasteiger partial charge in [-0.3, -0.25) is 15.1 Å². The van der Waals surface area contributed by atoms with Crippen molar-refractivity contribution in [1.29, 1.82) is 0 Å². The van der Waals surface area contributed by atoms with Gasteiger partial charge in [0.05, 0.1) is 18.7 Å². The van der Waals surface area contributed by atoms with E-state index in [1.54, 1.807) is 0 Å². The number of rotatable bonds is 7. The Bertz CT molecular complexity index is 609. The van der Waals surface area contributed by atoms with Crippen LogP contribution in [0, 0.1) is 0 Å². The van der Waals surface area contributed by atoms with E-state index in [0.29, 0.717) is 36.7 Å². The highest BCUT2D eigenvalue weighted by Crippen LogP contribution is 2.26. The standard InChI is InChI=1S/C15H21N3O3/c1-3-20-9-8-18(2)10-13-14(15(19)17-16)11-6-4-5-7-12(11)21-13/h4-7H,3,8-10,16H2,1-2H3,(H,17,19). The molecule has 114 valence electrons. The number of benzene rings is 1. The summed E-state index contributed by atoms with van der Waals surface area (Å²) >= 11 is 0. The summed E-state index contributed by atoms with van der Waals surface area (Å²) < 4.78 is 11.1. The first-order chi connectivity index (χ1) is 10.2. The lowest BCUT2D eigenvalue weighted by Gasteiger charge is -2.15. The number of fused-ring (bicyclic) bond motifs is 1. The van der Waals surface area contributed by atoms with Crippen LogP contribution in [0.2, 0.25) is 0 Å². The van der Waals surface area contributed by atoms with Crippen LogP contribution in [-0.2, 0) is 11.3 Å². The van der Waals surface area contributed by atoms with Gasteiger partial charge in [0.1, 0.15) is 11.3 Å². The van der Waals surface area contributed by atoms with E-state index in [1.165, 1.54) is 0 Å². The molecule has 1 aromatic carbocycles. The monoisotopic (exact) mass is 291 g/mol. The predicted octanol–water partition coefficient (Wildman–Crippen LogP) is 1.50. The van der Waals surface area contributed by atoms with E-state index in [9.17, 15) is 4.79 Å². The van der Waals surface area contributed by atoms with Crippen LogP contribution < -0.4 is 11.3 Å². The number of hydrazine groups is 1. The topological polar surface area (TPSA) is 80.7 Å². The van der Waals surface area contributed by atoms with Crippen LogP contribution in [0.3, 0.4) is 0 Å². The van der Waals surface area contributed by atoms with Gasteiger partial charge in [0.25, 0.3) is 5.91 Å². The Morgan fingerprint density at radius 3 is 2.90 bits per heavy atom. The molecule has 0 bridgehead atoms. The van der Waals surface area contributed by atoms with E-state index in [-0.39, 0.29) is 5.91 Å². The van der Waals surface area contributed by atoms with Crippen molar-refractivity contribution in [3.05, 3.63) is 35.6 Å². The molecule has 0 atom stereocenters. The highest BCUT2D eigenvalue weighted by molar-refractivity contribution is 6.07. The van der Waals surface area contributed by atoms with E-state index in [0.717, 1.165) is 11.9 Å². The molecular formula is C15H21N3O3. The minimum absolute atomic E-state index is 0.340. The molecule has 0 saturated heterocycles. The Morgan fingerprint density at radius 2 is 2.19 bits per heavy atom. The fourth-order valence-corrected chi connectivity index (χ4v) is 2.22. The first-order valence-electron chi connectivity index (χ1n) is 6.95. The quantitative estimate of drug-likeness (QED) is 0.350. The van der Waals surface area contributed by atoms with Gasteiger partial charge in [-0.05, 0) is 20.0 Å². The second-order valence-corrected chi connectivity index (χ2v) is 4.80. The number of hydrogen-bond donors (Lipinski definition) is 2. The molecule has 0 spiro atoms.